The van der Waals surface area contributed by atoms with E-state index in [1.807, 2.05) is 0 Å². The molecule has 0 saturated heterocycles. The van der Waals surface area contributed by atoms with E-state index >= 15 is 0 Å². The maximum Gasteiger partial charge on any atom is 0.0955 e. The molecule has 1 aromatic rings. The van der Waals surface area contributed by atoms with Gasteiger partial charge in [-0.1, -0.05) is 27.7 Å². The molecule has 4 heteroatoms. The molecule has 1 aliphatic rings. The van der Waals surface area contributed by atoms with Crippen LogP contribution in [0.4, 0.5) is 0 Å². The fraction of sp³-hybridized carbons (Fsp3) is 0.812. The summed E-state index contributed by atoms with van der Waals surface area (Å²) >= 11 is 1.59. The predicted octanol–water partition coefficient (Wildman–Crippen LogP) is 3.29. The van der Waals surface area contributed by atoms with Crippen molar-refractivity contribution in [3.8, 4) is 0 Å². The number of hydrogen-bond donors (Lipinski definition) is 2. The summed E-state index contributed by atoms with van der Waals surface area (Å²) in [5.41, 5.74) is 0.186. The van der Waals surface area contributed by atoms with Gasteiger partial charge in [0.05, 0.1) is 22.4 Å². The number of thiazole rings is 1. The molecule has 0 spiro atoms. The molecule has 0 aromatic carbocycles. The molecule has 1 aromatic heterocycles. The molecule has 2 rings (SSSR count). The molecular formula is C16H27NO2S. The van der Waals surface area contributed by atoms with Crippen molar-refractivity contribution in [2.45, 2.75) is 76.9 Å². The van der Waals surface area contributed by atoms with Gasteiger partial charge in [-0.05, 0) is 31.6 Å². The molecule has 1 atom stereocenters. The Kier molecular flexibility index (Phi) is 4.57. The molecule has 114 valence electrons. The lowest BCUT2D eigenvalue weighted by Crippen LogP contribution is -2.46. The van der Waals surface area contributed by atoms with Gasteiger partial charge in [0.15, 0.2) is 0 Å². The average Bonchev–Trinajstić information content (AvgIpc) is 2.81. The molecule has 1 saturated carbocycles. The Bertz CT molecular complexity index is 442. The molecule has 0 amide bonds. The lowest BCUT2D eigenvalue weighted by atomic mass is 9.76. The Morgan fingerprint density at radius 1 is 1.40 bits per heavy atom. The smallest absolute Gasteiger partial charge is 0.0955 e. The van der Waals surface area contributed by atoms with Gasteiger partial charge < -0.3 is 10.2 Å². The van der Waals surface area contributed by atoms with Crippen molar-refractivity contribution in [1.82, 2.24) is 4.98 Å². The zero-order valence-electron chi connectivity index (χ0n) is 13.0. The Morgan fingerprint density at radius 2 is 2.00 bits per heavy atom. The second kappa shape index (κ2) is 5.74. The maximum atomic E-state index is 10.6. The first-order chi connectivity index (χ1) is 9.21. The first-order valence-corrected chi connectivity index (χ1v) is 8.44. The van der Waals surface area contributed by atoms with E-state index in [-0.39, 0.29) is 5.41 Å². The van der Waals surface area contributed by atoms with Crippen LogP contribution >= 0.6 is 11.3 Å². The Balaban J connectivity index is 2.01. The second-order valence-corrected chi connectivity index (χ2v) is 8.33. The summed E-state index contributed by atoms with van der Waals surface area (Å²) in [5, 5.41) is 24.0. The van der Waals surface area contributed by atoms with Gasteiger partial charge in [0.25, 0.3) is 0 Å². The summed E-state index contributed by atoms with van der Waals surface area (Å²) in [7, 11) is 0. The van der Waals surface area contributed by atoms with Crippen LogP contribution < -0.4 is 0 Å². The second-order valence-electron chi connectivity index (χ2n) is 7.38. The van der Waals surface area contributed by atoms with Crippen LogP contribution in [0.25, 0.3) is 0 Å². The van der Waals surface area contributed by atoms with E-state index in [0.29, 0.717) is 25.2 Å². The number of aromatic nitrogens is 1. The molecule has 1 heterocycles. The van der Waals surface area contributed by atoms with Crippen LogP contribution in [0.1, 0.15) is 64.1 Å². The highest BCUT2D eigenvalue weighted by atomic mass is 32.1. The third kappa shape index (κ3) is 3.60. The molecule has 0 bridgehead atoms. The minimum absolute atomic E-state index is 0.0386. The molecule has 1 aliphatic carbocycles. The quantitative estimate of drug-likeness (QED) is 0.900. The summed E-state index contributed by atoms with van der Waals surface area (Å²) in [6.07, 6.45) is 3.16. The van der Waals surface area contributed by atoms with E-state index < -0.39 is 11.7 Å². The minimum atomic E-state index is -0.917. The molecular weight excluding hydrogens is 270 g/mol. The van der Waals surface area contributed by atoms with Crippen LogP contribution in [-0.2, 0) is 11.8 Å². The predicted molar refractivity (Wildman–Crippen MR) is 83.1 cm³/mol. The normalized spacial score (nSPS) is 29.4. The van der Waals surface area contributed by atoms with Crippen LogP contribution in [-0.4, -0.2) is 26.9 Å². The van der Waals surface area contributed by atoms with Gasteiger partial charge in [0.1, 0.15) is 0 Å². The summed E-state index contributed by atoms with van der Waals surface area (Å²) < 4.78 is 0. The third-order valence-electron chi connectivity index (χ3n) is 4.45. The van der Waals surface area contributed by atoms with Gasteiger partial charge in [-0.25, -0.2) is 4.98 Å². The van der Waals surface area contributed by atoms with E-state index in [1.165, 1.54) is 0 Å². The van der Waals surface area contributed by atoms with Crippen LogP contribution in [0, 0.1) is 5.92 Å². The number of aliphatic hydroxyl groups excluding tert-OH is 1. The fourth-order valence-electron chi connectivity index (χ4n) is 2.70. The molecule has 20 heavy (non-hydrogen) atoms. The zero-order chi connectivity index (χ0) is 15.0. The van der Waals surface area contributed by atoms with Crippen molar-refractivity contribution >= 4 is 11.3 Å². The molecule has 2 N–H and O–H groups in total. The number of rotatable bonds is 3. The lowest BCUT2D eigenvalue weighted by molar-refractivity contribution is -0.102. The third-order valence-corrected chi connectivity index (χ3v) is 5.32. The van der Waals surface area contributed by atoms with Gasteiger partial charge in [-0.2, -0.15) is 0 Å². The first-order valence-electron chi connectivity index (χ1n) is 7.56. The Morgan fingerprint density at radius 3 is 2.50 bits per heavy atom. The van der Waals surface area contributed by atoms with E-state index in [9.17, 15) is 10.2 Å². The van der Waals surface area contributed by atoms with Gasteiger partial charge in [-0.3, -0.25) is 0 Å². The molecule has 3 nitrogen and oxygen atoms in total. The van der Waals surface area contributed by atoms with Gasteiger partial charge in [0, 0.05) is 17.2 Å². The van der Waals surface area contributed by atoms with Crippen LogP contribution in [0.3, 0.4) is 0 Å². The monoisotopic (exact) mass is 297 g/mol. The van der Waals surface area contributed by atoms with Crippen molar-refractivity contribution in [3.05, 3.63) is 16.1 Å². The van der Waals surface area contributed by atoms with Crippen molar-refractivity contribution in [3.63, 3.8) is 0 Å². The van der Waals surface area contributed by atoms with E-state index in [1.54, 1.807) is 11.3 Å². The number of nitrogens with zero attached hydrogens (tertiary/aromatic N) is 1. The largest absolute Gasteiger partial charge is 0.390 e. The molecule has 1 unspecified atom stereocenters. The van der Waals surface area contributed by atoms with Crippen molar-refractivity contribution in [2.24, 2.45) is 5.92 Å². The number of hydrogen-bond acceptors (Lipinski definition) is 4. The average molecular weight is 297 g/mol. The van der Waals surface area contributed by atoms with Crippen LogP contribution in [0.15, 0.2) is 5.38 Å². The van der Waals surface area contributed by atoms with Gasteiger partial charge in [-0.15, -0.1) is 11.3 Å². The highest BCUT2D eigenvalue weighted by Crippen LogP contribution is 2.35. The summed E-state index contributed by atoms with van der Waals surface area (Å²) in [5.74, 6) is 0.662. The standard InChI is InChI=1S/C16H27NO2S/c1-11-5-7-16(19,8-6-11)13(18)9-14-17-12(10-20-14)15(2,3)4/h10-11,13,18-19H,5-9H2,1-4H3. The Hall–Kier alpha value is -0.450. The topological polar surface area (TPSA) is 53.4 Å². The summed E-state index contributed by atoms with van der Waals surface area (Å²) in [6.45, 7) is 8.62. The maximum absolute atomic E-state index is 10.6. The van der Waals surface area contributed by atoms with Gasteiger partial charge in [0.2, 0.25) is 0 Å². The van der Waals surface area contributed by atoms with Crippen LogP contribution in [0.5, 0.6) is 0 Å². The fourth-order valence-corrected chi connectivity index (χ4v) is 3.76. The van der Waals surface area contributed by atoms with Crippen LogP contribution in [0.2, 0.25) is 0 Å². The number of aliphatic hydroxyl groups is 2. The van der Waals surface area contributed by atoms with E-state index in [4.69, 9.17) is 0 Å². The van der Waals surface area contributed by atoms with Crippen molar-refractivity contribution in [1.29, 1.82) is 0 Å². The molecule has 0 aliphatic heterocycles. The van der Waals surface area contributed by atoms with E-state index in [0.717, 1.165) is 23.5 Å². The highest BCUT2D eigenvalue weighted by Gasteiger charge is 2.39. The summed E-state index contributed by atoms with van der Waals surface area (Å²) in [6, 6.07) is 0. The molecule has 1 fully saturated rings. The highest BCUT2D eigenvalue weighted by molar-refractivity contribution is 7.09. The Labute approximate surface area is 126 Å². The lowest BCUT2D eigenvalue weighted by Gasteiger charge is -2.38. The van der Waals surface area contributed by atoms with Crippen molar-refractivity contribution in [2.75, 3.05) is 0 Å². The first kappa shape index (κ1) is 15.9. The molecule has 0 radical (unpaired) electrons. The SMILES string of the molecule is CC1CCC(O)(C(O)Cc2nc(C(C)(C)C)cs2)CC1. The minimum Gasteiger partial charge on any atom is -0.390 e. The zero-order valence-corrected chi connectivity index (χ0v) is 13.8. The summed E-state index contributed by atoms with van der Waals surface area (Å²) in [4.78, 5) is 4.61. The van der Waals surface area contributed by atoms with E-state index in [2.05, 4.69) is 38.1 Å². The van der Waals surface area contributed by atoms with Crippen molar-refractivity contribution < 1.29 is 10.2 Å². The van der Waals surface area contributed by atoms with Gasteiger partial charge >= 0.3 is 0 Å².